The normalized spacial score (nSPS) is 10.1. The fourth-order valence-corrected chi connectivity index (χ4v) is 0.840. The van der Waals surface area contributed by atoms with Crippen molar-refractivity contribution >= 4 is 0 Å². The van der Waals surface area contributed by atoms with Gasteiger partial charge in [0.25, 0.3) is 0 Å². The first-order valence-electron chi connectivity index (χ1n) is 5.17. The average Bonchev–Trinajstić information content (AvgIpc) is 2.31. The van der Waals surface area contributed by atoms with Crippen LogP contribution in [-0.2, 0) is 18.9 Å². The lowest BCUT2D eigenvalue weighted by Gasteiger charge is -2.05. The number of nitrogens with one attached hydrogen (secondary N) is 1. The first-order chi connectivity index (χ1) is 7.91. The van der Waals surface area contributed by atoms with E-state index in [1.165, 1.54) is 0 Å². The predicted molar refractivity (Wildman–Crippen MR) is 56.5 cm³/mol. The van der Waals surface area contributed by atoms with E-state index in [9.17, 15) is 0 Å². The van der Waals surface area contributed by atoms with E-state index in [-0.39, 0.29) is 0 Å². The Bertz CT molecular complexity index is 186. The van der Waals surface area contributed by atoms with E-state index < -0.39 is 0 Å². The van der Waals surface area contributed by atoms with Crippen molar-refractivity contribution < 1.29 is 18.9 Å². The largest absolute Gasteiger partial charge is 0.382 e. The molecule has 7 heteroatoms. The van der Waals surface area contributed by atoms with Crippen molar-refractivity contribution in [3.63, 3.8) is 0 Å². The molecule has 0 heterocycles. The van der Waals surface area contributed by atoms with E-state index >= 15 is 0 Å². The SMILES string of the molecule is COCCOCCOCCOCCN=[N+]=N. The molecule has 0 aromatic carbocycles. The number of hydrogen-bond acceptors (Lipinski definition) is 6. The fraction of sp³-hybridized carbons (Fsp3) is 1.00. The van der Waals surface area contributed by atoms with Crippen molar-refractivity contribution in [3.8, 4) is 0 Å². The van der Waals surface area contributed by atoms with Crippen LogP contribution in [0.4, 0.5) is 0 Å². The minimum absolute atomic E-state index is 0.420. The molecule has 94 valence electrons. The average molecular weight is 234 g/mol. The van der Waals surface area contributed by atoms with E-state index in [1.807, 2.05) is 0 Å². The van der Waals surface area contributed by atoms with Crippen molar-refractivity contribution in [2.75, 3.05) is 59.9 Å². The monoisotopic (exact) mass is 234 g/mol. The van der Waals surface area contributed by atoms with Gasteiger partial charge in [0.15, 0.2) is 0 Å². The molecule has 0 amide bonds. The first kappa shape index (κ1) is 15.2. The third-order valence-electron chi connectivity index (χ3n) is 1.58. The smallest absolute Gasteiger partial charge is 0.214 e. The second-order valence-corrected chi connectivity index (χ2v) is 2.79. The third kappa shape index (κ3) is 13.2. The summed E-state index contributed by atoms with van der Waals surface area (Å²) in [4.78, 5) is 2.86. The summed E-state index contributed by atoms with van der Waals surface area (Å²) in [6.07, 6.45) is 0. The molecular weight excluding hydrogens is 214 g/mol. The van der Waals surface area contributed by atoms with Crippen LogP contribution in [0.2, 0.25) is 0 Å². The maximum absolute atomic E-state index is 6.40. The highest BCUT2D eigenvalue weighted by molar-refractivity contribution is 4.36. The molecule has 0 aliphatic heterocycles. The Morgan fingerprint density at radius 1 is 0.875 bits per heavy atom. The van der Waals surface area contributed by atoms with Crippen LogP contribution in [-0.4, -0.2) is 59.9 Å². The second-order valence-electron chi connectivity index (χ2n) is 2.79. The molecule has 0 saturated carbocycles. The van der Waals surface area contributed by atoms with Gasteiger partial charge in [0.05, 0.1) is 46.2 Å². The Balaban J connectivity index is 2.90. The third-order valence-corrected chi connectivity index (χ3v) is 1.58. The van der Waals surface area contributed by atoms with Gasteiger partial charge in [-0.05, 0) is 0 Å². The van der Waals surface area contributed by atoms with Gasteiger partial charge in [-0.3, -0.25) is 0 Å². The zero-order chi connectivity index (χ0) is 11.9. The zero-order valence-electron chi connectivity index (χ0n) is 9.68. The molecule has 0 unspecified atom stereocenters. The summed E-state index contributed by atoms with van der Waals surface area (Å²) in [5, 5.41) is 3.44. The van der Waals surface area contributed by atoms with Crippen LogP contribution in [0, 0.1) is 5.53 Å². The van der Waals surface area contributed by atoms with Crippen molar-refractivity contribution in [2.45, 2.75) is 0 Å². The van der Waals surface area contributed by atoms with Gasteiger partial charge in [0.1, 0.15) is 17.2 Å². The Morgan fingerprint density at radius 3 is 1.88 bits per heavy atom. The van der Waals surface area contributed by atoms with E-state index in [4.69, 9.17) is 24.5 Å². The van der Waals surface area contributed by atoms with Crippen molar-refractivity contribution in [3.05, 3.63) is 0 Å². The summed E-state index contributed by atoms with van der Waals surface area (Å²) in [7, 11) is 1.64. The van der Waals surface area contributed by atoms with Gasteiger partial charge < -0.3 is 18.9 Å². The molecule has 16 heavy (non-hydrogen) atoms. The predicted octanol–water partition coefficient (Wildman–Crippen LogP) is 0.233. The molecular formula is C9H20N3O4+. The van der Waals surface area contributed by atoms with Crippen LogP contribution < -0.4 is 4.91 Å². The van der Waals surface area contributed by atoms with Crippen molar-refractivity contribution in [2.24, 2.45) is 5.11 Å². The van der Waals surface area contributed by atoms with Gasteiger partial charge in [0, 0.05) is 7.11 Å². The van der Waals surface area contributed by atoms with Crippen LogP contribution in [0.5, 0.6) is 0 Å². The van der Waals surface area contributed by atoms with Gasteiger partial charge in [-0.1, -0.05) is 0 Å². The Morgan fingerprint density at radius 2 is 1.38 bits per heavy atom. The molecule has 0 aliphatic carbocycles. The van der Waals surface area contributed by atoms with E-state index in [1.54, 1.807) is 7.11 Å². The van der Waals surface area contributed by atoms with E-state index in [2.05, 4.69) is 10.0 Å². The Labute approximate surface area is 95.2 Å². The van der Waals surface area contributed by atoms with Gasteiger partial charge in [-0.15, -0.1) is 0 Å². The molecule has 0 fully saturated rings. The van der Waals surface area contributed by atoms with Crippen molar-refractivity contribution in [1.29, 1.82) is 5.53 Å². The molecule has 0 radical (unpaired) electrons. The molecule has 7 nitrogen and oxygen atoms in total. The maximum atomic E-state index is 6.40. The number of methoxy groups -OCH3 is 1. The summed E-state index contributed by atoms with van der Waals surface area (Å²) >= 11 is 0. The van der Waals surface area contributed by atoms with Gasteiger partial charge in [0.2, 0.25) is 4.91 Å². The molecule has 0 aliphatic rings. The van der Waals surface area contributed by atoms with Crippen LogP contribution in [0.1, 0.15) is 0 Å². The van der Waals surface area contributed by atoms with Gasteiger partial charge in [-0.25, -0.2) is 0 Å². The van der Waals surface area contributed by atoms with Crippen LogP contribution in [0.25, 0.3) is 0 Å². The van der Waals surface area contributed by atoms with Gasteiger partial charge in [-0.2, -0.15) is 0 Å². The topological polar surface area (TPSA) is 87.2 Å². The minimum atomic E-state index is 0.420. The summed E-state index contributed by atoms with van der Waals surface area (Å²) in [6.45, 7) is 4.26. The van der Waals surface area contributed by atoms with Crippen molar-refractivity contribution in [1.82, 2.24) is 4.91 Å². The molecule has 0 saturated heterocycles. The quantitative estimate of drug-likeness (QED) is 0.297. The number of ether oxygens (including phenoxy) is 4. The lowest BCUT2D eigenvalue weighted by molar-refractivity contribution is 0.00460. The lowest BCUT2D eigenvalue weighted by atomic mass is 10.7. The lowest BCUT2D eigenvalue weighted by Crippen LogP contribution is -2.12. The number of nitrogens with zero attached hydrogens (tertiary/aromatic N) is 2. The summed E-state index contributed by atoms with van der Waals surface area (Å²) in [5.41, 5.74) is 6.40. The van der Waals surface area contributed by atoms with E-state index in [0.717, 1.165) is 0 Å². The van der Waals surface area contributed by atoms with Crippen LogP contribution >= 0.6 is 0 Å². The summed E-state index contributed by atoms with van der Waals surface area (Å²) < 4.78 is 20.4. The highest BCUT2D eigenvalue weighted by atomic mass is 16.6. The van der Waals surface area contributed by atoms with Crippen LogP contribution in [0.15, 0.2) is 5.11 Å². The zero-order valence-corrected chi connectivity index (χ0v) is 9.68. The molecule has 0 aromatic rings. The minimum Gasteiger partial charge on any atom is -0.382 e. The molecule has 0 atom stereocenters. The first-order valence-corrected chi connectivity index (χ1v) is 5.17. The molecule has 1 N–H and O–H groups in total. The highest BCUT2D eigenvalue weighted by Crippen LogP contribution is 1.81. The Hall–Kier alpha value is -0.850. The van der Waals surface area contributed by atoms with E-state index in [0.29, 0.717) is 52.8 Å². The fourth-order valence-electron chi connectivity index (χ4n) is 0.840. The van der Waals surface area contributed by atoms with Gasteiger partial charge >= 0.3 is 0 Å². The Kier molecular flexibility index (Phi) is 13.4. The summed E-state index contributed by atoms with van der Waals surface area (Å²) in [6, 6.07) is 0. The second kappa shape index (κ2) is 14.2. The van der Waals surface area contributed by atoms with Crippen LogP contribution in [0.3, 0.4) is 0 Å². The maximum Gasteiger partial charge on any atom is 0.214 e. The summed E-state index contributed by atoms with van der Waals surface area (Å²) in [5.74, 6) is 0. The molecule has 0 rings (SSSR count). The highest BCUT2D eigenvalue weighted by Gasteiger charge is 1.92. The number of hydrogen-bond donors (Lipinski definition) is 1. The number of rotatable bonds is 12. The molecule has 0 bridgehead atoms. The molecule has 0 spiro atoms. The standard InChI is InChI=1S/C9H20N3O4/c1-13-4-5-15-8-9-16-7-6-14-3-2-11-12-10/h10H,2-9H2,1H3/q+1. The molecule has 0 aromatic heterocycles.